The molecule has 1 aromatic heterocycles. The van der Waals surface area contributed by atoms with Crippen LogP contribution in [0.5, 0.6) is 0 Å². The maximum atomic E-state index is 11.9. The second-order valence-electron chi connectivity index (χ2n) is 7.41. The van der Waals surface area contributed by atoms with Crippen LogP contribution in [0.15, 0.2) is 30.3 Å². The lowest BCUT2D eigenvalue weighted by atomic mass is 10.1. The highest BCUT2D eigenvalue weighted by molar-refractivity contribution is 5.82. The number of amides is 1. The fourth-order valence-corrected chi connectivity index (χ4v) is 3.00. The molecule has 0 bridgehead atoms. The van der Waals surface area contributed by atoms with Crippen molar-refractivity contribution in [3.05, 3.63) is 36.0 Å². The number of rotatable bonds is 2. The smallest absolute Gasteiger partial charge is 0.407 e. The van der Waals surface area contributed by atoms with Gasteiger partial charge in [-0.15, -0.1) is 0 Å². The number of carbonyl (C=O) groups excluding carboxylic acids is 1. The highest BCUT2D eigenvalue weighted by atomic mass is 16.6. The zero-order valence-corrected chi connectivity index (χ0v) is 14.8. The van der Waals surface area contributed by atoms with Gasteiger partial charge in [-0.2, -0.15) is 0 Å². The summed E-state index contributed by atoms with van der Waals surface area (Å²) in [6.07, 6.45) is 0.580. The van der Waals surface area contributed by atoms with Crippen molar-refractivity contribution in [2.24, 2.45) is 0 Å². The summed E-state index contributed by atoms with van der Waals surface area (Å²) in [6, 6.07) is 10.6. The Balaban J connectivity index is 1.65. The third kappa shape index (κ3) is 3.96. The standard InChI is InChI=1S/C19H25N3O2/c1-13-5-6-14-11-16(7-8-17(14)20-13)22-10-9-15(12-22)21-18(23)24-19(2,3)4/h5-8,11,15H,9-10,12H2,1-4H3,(H,21,23)/t15-/m0/s1. The lowest BCUT2D eigenvalue weighted by Crippen LogP contribution is -2.40. The van der Waals surface area contributed by atoms with Crippen LogP contribution in [0.3, 0.4) is 0 Å². The molecule has 5 heteroatoms. The molecule has 128 valence electrons. The van der Waals surface area contributed by atoms with Gasteiger partial charge in [0, 0.05) is 29.9 Å². The summed E-state index contributed by atoms with van der Waals surface area (Å²) in [4.78, 5) is 18.7. The van der Waals surface area contributed by atoms with Crippen LogP contribution in [0, 0.1) is 6.92 Å². The second kappa shape index (κ2) is 6.30. The van der Waals surface area contributed by atoms with Crippen molar-refractivity contribution >= 4 is 22.7 Å². The molecule has 1 aliphatic heterocycles. The second-order valence-corrected chi connectivity index (χ2v) is 7.41. The van der Waals surface area contributed by atoms with Gasteiger partial charge in [-0.25, -0.2) is 4.79 Å². The zero-order valence-electron chi connectivity index (χ0n) is 14.8. The number of pyridine rings is 1. The van der Waals surface area contributed by atoms with Crippen LogP contribution < -0.4 is 10.2 Å². The fraction of sp³-hybridized carbons (Fsp3) is 0.474. The summed E-state index contributed by atoms with van der Waals surface area (Å²) in [6.45, 7) is 9.34. The number of aromatic nitrogens is 1. The molecular formula is C19H25N3O2. The highest BCUT2D eigenvalue weighted by Gasteiger charge is 2.26. The number of hydrogen-bond donors (Lipinski definition) is 1. The van der Waals surface area contributed by atoms with Gasteiger partial charge in [0.25, 0.3) is 0 Å². The highest BCUT2D eigenvalue weighted by Crippen LogP contribution is 2.25. The minimum Gasteiger partial charge on any atom is -0.444 e. The Kier molecular flexibility index (Phi) is 4.35. The number of aryl methyl sites for hydroxylation is 1. The number of nitrogens with zero attached hydrogens (tertiary/aromatic N) is 2. The van der Waals surface area contributed by atoms with E-state index in [4.69, 9.17) is 4.74 Å². The SMILES string of the molecule is Cc1ccc2cc(N3CC[C@H](NC(=O)OC(C)(C)C)C3)ccc2n1. The summed E-state index contributed by atoms with van der Waals surface area (Å²) in [7, 11) is 0. The van der Waals surface area contributed by atoms with E-state index in [1.807, 2.05) is 33.8 Å². The van der Waals surface area contributed by atoms with Gasteiger partial charge in [0.1, 0.15) is 5.60 Å². The van der Waals surface area contributed by atoms with E-state index in [2.05, 4.69) is 39.5 Å². The Bertz CT molecular complexity index is 752. The van der Waals surface area contributed by atoms with E-state index < -0.39 is 5.60 Å². The lowest BCUT2D eigenvalue weighted by Gasteiger charge is -2.22. The van der Waals surface area contributed by atoms with Crippen LogP contribution in [-0.4, -0.2) is 35.8 Å². The Labute approximate surface area is 143 Å². The van der Waals surface area contributed by atoms with Gasteiger partial charge in [0.15, 0.2) is 0 Å². The van der Waals surface area contributed by atoms with Gasteiger partial charge in [-0.3, -0.25) is 4.98 Å². The number of alkyl carbamates (subject to hydrolysis) is 1. The molecule has 2 aromatic rings. The number of carbonyl (C=O) groups is 1. The molecule has 0 saturated carbocycles. The summed E-state index contributed by atoms with van der Waals surface area (Å²) in [5.74, 6) is 0. The first-order valence-electron chi connectivity index (χ1n) is 8.42. The lowest BCUT2D eigenvalue weighted by molar-refractivity contribution is 0.0509. The number of ether oxygens (including phenoxy) is 1. The molecule has 1 atom stereocenters. The number of anilines is 1. The van der Waals surface area contributed by atoms with Crippen molar-refractivity contribution < 1.29 is 9.53 Å². The number of benzene rings is 1. The number of fused-ring (bicyclic) bond motifs is 1. The molecule has 0 unspecified atom stereocenters. The van der Waals surface area contributed by atoms with E-state index in [1.165, 1.54) is 5.69 Å². The predicted molar refractivity (Wildman–Crippen MR) is 96.5 cm³/mol. The minimum atomic E-state index is -0.466. The molecule has 0 radical (unpaired) electrons. The Morgan fingerprint density at radius 1 is 1.29 bits per heavy atom. The van der Waals surface area contributed by atoms with E-state index in [-0.39, 0.29) is 12.1 Å². The molecule has 1 fully saturated rings. The Morgan fingerprint density at radius 2 is 2.08 bits per heavy atom. The van der Waals surface area contributed by atoms with Crippen LogP contribution in [-0.2, 0) is 4.74 Å². The third-order valence-electron chi connectivity index (χ3n) is 4.09. The van der Waals surface area contributed by atoms with Crippen molar-refractivity contribution in [1.82, 2.24) is 10.3 Å². The summed E-state index contributed by atoms with van der Waals surface area (Å²) in [5.41, 5.74) is 2.74. The van der Waals surface area contributed by atoms with Gasteiger partial charge in [0.05, 0.1) is 11.6 Å². The Morgan fingerprint density at radius 3 is 2.83 bits per heavy atom. The van der Waals surface area contributed by atoms with E-state index >= 15 is 0 Å². The van der Waals surface area contributed by atoms with E-state index in [0.29, 0.717) is 0 Å². The van der Waals surface area contributed by atoms with Gasteiger partial charge in [-0.05, 0) is 58.4 Å². The quantitative estimate of drug-likeness (QED) is 0.915. The number of hydrogen-bond acceptors (Lipinski definition) is 4. The molecule has 24 heavy (non-hydrogen) atoms. The van der Waals surface area contributed by atoms with Crippen LogP contribution in [0.2, 0.25) is 0 Å². The molecule has 1 N–H and O–H groups in total. The van der Waals surface area contributed by atoms with Crippen molar-refractivity contribution in [3.8, 4) is 0 Å². The molecule has 1 amide bonds. The van der Waals surface area contributed by atoms with E-state index in [9.17, 15) is 4.79 Å². The molecule has 0 aliphatic carbocycles. The largest absolute Gasteiger partial charge is 0.444 e. The minimum absolute atomic E-state index is 0.117. The molecule has 0 spiro atoms. The predicted octanol–water partition coefficient (Wildman–Crippen LogP) is 3.65. The van der Waals surface area contributed by atoms with Gasteiger partial charge < -0.3 is 15.0 Å². The van der Waals surface area contributed by atoms with Crippen molar-refractivity contribution in [2.45, 2.75) is 45.8 Å². The fourth-order valence-electron chi connectivity index (χ4n) is 3.00. The summed E-state index contributed by atoms with van der Waals surface area (Å²) >= 11 is 0. The topological polar surface area (TPSA) is 54.5 Å². The van der Waals surface area contributed by atoms with Crippen molar-refractivity contribution in [3.63, 3.8) is 0 Å². The molecule has 2 heterocycles. The van der Waals surface area contributed by atoms with Crippen LogP contribution in [0.1, 0.15) is 32.9 Å². The molecule has 3 rings (SSSR count). The molecular weight excluding hydrogens is 302 g/mol. The first-order chi connectivity index (χ1) is 11.3. The van der Waals surface area contributed by atoms with Crippen molar-refractivity contribution in [2.75, 3.05) is 18.0 Å². The summed E-state index contributed by atoms with van der Waals surface area (Å²) < 4.78 is 5.33. The van der Waals surface area contributed by atoms with Crippen molar-refractivity contribution in [1.29, 1.82) is 0 Å². The van der Waals surface area contributed by atoms with Gasteiger partial charge in [-0.1, -0.05) is 6.07 Å². The van der Waals surface area contributed by atoms with E-state index in [0.717, 1.165) is 36.1 Å². The molecule has 1 saturated heterocycles. The molecule has 1 aromatic carbocycles. The third-order valence-corrected chi connectivity index (χ3v) is 4.09. The van der Waals surface area contributed by atoms with Crippen LogP contribution in [0.4, 0.5) is 10.5 Å². The van der Waals surface area contributed by atoms with Gasteiger partial charge >= 0.3 is 6.09 Å². The Hall–Kier alpha value is -2.30. The summed E-state index contributed by atoms with van der Waals surface area (Å²) in [5, 5.41) is 4.11. The number of nitrogens with one attached hydrogen (secondary N) is 1. The van der Waals surface area contributed by atoms with E-state index in [1.54, 1.807) is 0 Å². The normalized spacial score (nSPS) is 18.0. The van der Waals surface area contributed by atoms with Crippen LogP contribution in [0.25, 0.3) is 10.9 Å². The average Bonchev–Trinajstić information content (AvgIpc) is 2.93. The van der Waals surface area contributed by atoms with Gasteiger partial charge in [0.2, 0.25) is 0 Å². The molecule has 1 aliphatic rings. The monoisotopic (exact) mass is 327 g/mol. The van der Waals surface area contributed by atoms with Crippen LogP contribution >= 0.6 is 0 Å². The maximum Gasteiger partial charge on any atom is 0.407 e. The molecule has 5 nitrogen and oxygen atoms in total. The first kappa shape index (κ1) is 16.6. The maximum absolute atomic E-state index is 11.9. The first-order valence-corrected chi connectivity index (χ1v) is 8.42. The average molecular weight is 327 g/mol. The zero-order chi connectivity index (χ0) is 17.3.